The van der Waals surface area contributed by atoms with Crippen molar-refractivity contribution in [2.75, 3.05) is 0 Å². The van der Waals surface area contributed by atoms with Crippen LogP contribution >= 0.6 is 0 Å². The van der Waals surface area contributed by atoms with Crippen LogP contribution in [-0.4, -0.2) is 14.1 Å². The van der Waals surface area contributed by atoms with Gasteiger partial charge in [-0.1, -0.05) is 79.4 Å². The van der Waals surface area contributed by atoms with Gasteiger partial charge in [0, 0.05) is 45.1 Å². The van der Waals surface area contributed by atoms with Gasteiger partial charge in [0.1, 0.15) is 0 Å². The molecular formula is C42H31N3. The predicted octanol–water partition coefficient (Wildman–Crippen LogP) is 9.08. The molecule has 0 aliphatic heterocycles. The molecule has 3 heterocycles. The van der Waals surface area contributed by atoms with E-state index in [0.29, 0.717) is 0 Å². The van der Waals surface area contributed by atoms with Crippen molar-refractivity contribution >= 4 is 50.9 Å². The Morgan fingerprint density at radius 3 is 1.96 bits per heavy atom. The maximum atomic E-state index is 4.59. The van der Waals surface area contributed by atoms with Crippen molar-refractivity contribution in [3.05, 3.63) is 168 Å². The van der Waals surface area contributed by atoms with Gasteiger partial charge in [0.25, 0.3) is 0 Å². The van der Waals surface area contributed by atoms with Crippen LogP contribution in [0.5, 0.6) is 0 Å². The predicted molar refractivity (Wildman–Crippen MR) is 190 cm³/mol. The maximum absolute atomic E-state index is 4.59. The highest BCUT2D eigenvalue weighted by Gasteiger charge is 2.13. The molecule has 0 aliphatic rings. The monoisotopic (exact) mass is 577 g/mol. The van der Waals surface area contributed by atoms with Crippen LogP contribution in [0.4, 0.5) is 0 Å². The number of rotatable bonds is 5. The van der Waals surface area contributed by atoms with E-state index < -0.39 is 0 Å². The molecule has 8 rings (SSSR count). The lowest BCUT2D eigenvalue weighted by Gasteiger charge is -2.08. The number of para-hydroxylation sites is 3. The van der Waals surface area contributed by atoms with Crippen molar-refractivity contribution in [3.8, 4) is 22.5 Å². The number of pyridine rings is 1. The van der Waals surface area contributed by atoms with Crippen LogP contribution in [-0.2, 0) is 0 Å². The lowest BCUT2D eigenvalue weighted by molar-refractivity contribution is 1.07. The van der Waals surface area contributed by atoms with E-state index in [1.807, 2.05) is 24.5 Å². The van der Waals surface area contributed by atoms with Crippen molar-refractivity contribution in [1.82, 2.24) is 14.1 Å². The zero-order valence-corrected chi connectivity index (χ0v) is 25.1. The lowest BCUT2D eigenvalue weighted by Crippen LogP contribution is -2.27. The molecule has 0 saturated carbocycles. The summed E-state index contributed by atoms with van der Waals surface area (Å²) in [7, 11) is 0. The topological polar surface area (TPSA) is 22.8 Å². The summed E-state index contributed by atoms with van der Waals surface area (Å²) in [5, 5.41) is 5.73. The minimum atomic E-state index is 1.01. The van der Waals surface area contributed by atoms with Gasteiger partial charge in [0.2, 0.25) is 0 Å². The number of nitrogens with zero attached hydrogens (tertiary/aromatic N) is 3. The molecule has 3 aromatic heterocycles. The second-order valence-electron chi connectivity index (χ2n) is 11.4. The highest BCUT2D eigenvalue weighted by molar-refractivity contribution is 6.10. The maximum Gasteiger partial charge on any atom is 0.0541 e. The minimum Gasteiger partial charge on any atom is -0.309 e. The molecule has 3 heteroatoms. The third-order valence-corrected chi connectivity index (χ3v) is 8.77. The van der Waals surface area contributed by atoms with Crippen LogP contribution in [0.3, 0.4) is 0 Å². The van der Waals surface area contributed by atoms with Gasteiger partial charge in [-0.05, 0) is 102 Å². The fourth-order valence-corrected chi connectivity index (χ4v) is 6.50. The molecule has 0 N–H and O–H groups in total. The van der Waals surface area contributed by atoms with Crippen LogP contribution in [0.15, 0.2) is 152 Å². The summed E-state index contributed by atoms with van der Waals surface area (Å²) in [6.45, 7) is 6.78. The number of allylic oxidation sites excluding steroid dienone is 2. The molecular weight excluding hydrogens is 546 g/mol. The molecule has 0 fully saturated rings. The Balaban J connectivity index is 1.29. The summed E-state index contributed by atoms with van der Waals surface area (Å²) < 4.78 is 4.67. The van der Waals surface area contributed by atoms with Crippen LogP contribution in [0, 0.1) is 0 Å². The molecule has 8 aromatic rings. The van der Waals surface area contributed by atoms with Crippen molar-refractivity contribution in [3.63, 3.8) is 0 Å². The van der Waals surface area contributed by atoms with E-state index in [9.17, 15) is 0 Å². The summed E-state index contributed by atoms with van der Waals surface area (Å²) >= 11 is 0. The molecule has 0 atom stereocenters. The molecule has 0 radical (unpaired) electrons. The van der Waals surface area contributed by atoms with Crippen LogP contribution in [0.1, 0.15) is 12.5 Å². The summed E-state index contributed by atoms with van der Waals surface area (Å²) in [4.78, 5) is 4.19. The zero-order chi connectivity index (χ0) is 30.3. The van der Waals surface area contributed by atoms with Gasteiger partial charge in [0.15, 0.2) is 0 Å². The number of hydrogen-bond acceptors (Lipinski definition) is 1. The van der Waals surface area contributed by atoms with Gasteiger partial charge in [-0.3, -0.25) is 4.98 Å². The van der Waals surface area contributed by atoms with Gasteiger partial charge in [0.05, 0.1) is 21.9 Å². The number of aromatic nitrogens is 3. The Hall–Kier alpha value is -5.93. The standard InChI is InChI=1S/C42H31N3/c1-29(32-18-21-42-38(27-32)36-15-9-10-16-40(36)45(42)35-13-7-4-8-14-35)17-20-39-30(2)37-28-33(31-23-25-43-26-24-31)19-22-41(37)44(39)34-11-5-3-6-12-34/h3-28H,2H2,1H3/b29-17+,39-20+. The van der Waals surface area contributed by atoms with Crippen LogP contribution < -0.4 is 10.6 Å². The van der Waals surface area contributed by atoms with Gasteiger partial charge >= 0.3 is 0 Å². The van der Waals surface area contributed by atoms with Gasteiger partial charge in [-0.2, -0.15) is 0 Å². The third kappa shape index (κ3) is 4.57. The lowest BCUT2D eigenvalue weighted by atomic mass is 10.0. The summed E-state index contributed by atoms with van der Waals surface area (Å²) in [6, 6.07) is 47.3. The second kappa shape index (κ2) is 11.0. The Labute approximate surface area is 262 Å². The number of hydrogen-bond donors (Lipinski definition) is 0. The number of fused-ring (bicyclic) bond motifs is 4. The minimum absolute atomic E-state index is 1.01. The summed E-state index contributed by atoms with van der Waals surface area (Å²) in [5.41, 5.74) is 10.5. The zero-order valence-electron chi connectivity index (χ0n) is 25.1. The molecule has 0 amide bonds. The molecule has 0 spiro atoms. The molecule has 3 nitrogen and oxygen atoms in total. The van der Waals surface area contributed by atoms with E-state index in [1.165, 1.54) is 38.6 Å². The van der Waals surface area contributed by atoms with E-state index in [-0.39, 0.29) is 0 Å². The molecule has 0 unspecified atom stereocenters. The van der Waals surface area contributed by atoms with E-state index in [1.54, 1.807) is 0 Å². The highest BCUT2D eigenvalue weighted by atomic mass is 15.0. The SMILES string of the molecule is C=c1/c(=C\C=C(/C)c2ccc3c(c2)c2ccccc2n3-c2ccccc2)n(-c2ccccc2)c2ccc(-c3ccncc3)cc12. The first-order valence-electron chi connectivity index (χ1n) is 15.2. The largest absolute Gasteiger partial charge is 0.309 e. The quantitative estimate of drug-likeness (QED) is 0.200. The first kappa shape index (κ1) is 26.7. The van der Waals surface area contributed by atoms with E-state index in [2.05, 4.69) is 161 Å². The van der Waals surface area contributed by atoms with E-state index >= 15 is 0 Å². The number of benzene rings is 5. The van der Waals surface area contributed by atoms with E-state index in [4.69, 9.17) is 0 Å². The molecule has 0 saturated heterocycles. The average Bonchev–Trinajstić information content (AvgIpc) is 3.59. The molecule has 214 valence electrons. The third-order valence-electron chi connectivity index (χ3n) is 8.77. The van der Waals surface area contributed by atoms with Crippen molar-refractivity contribution in [2.45, 2.75) is 6.92 Å². The van der Waals surface area contributed by atoms with Crippen LogP contribution in [0.2, 0.25) is 0 Å². The Morgan fingerprint density at radius 1 is 0.578 bits per heavy atom. The van der Waals surface area contributed by atoms with Gasteiger partial charge in [-0.25, -0.2) is 0 Å². The molecule has 5 aromatic carbocycles. The van der Waals surface area contributed by atoms with Crippen molar-refractivity contribution in [1.29, 1.82) is 0 Å². The fraction of sp³-hybridized carbons (Fsp3) is 0.0238. The summed E-state index contributed by atoms with van der Waals surface area (Å²) in [6.07, 6.45) is 8.12. The average molecular weight is 578 g/mol. The summed E-state index contributed by atoms with van der Waals surface area (Å²) in [5.74, 6) is 0. The van der Waals surface area contributed by atoms with Gasteiger partial charge in [-0.15, -0.1) is 0 Å². The van der Waals surface area contributed by atoms with Gasteiger partial charge < -0.3 is 9.13 Å². The molecule has 0 bridgehead atoms. The van der Waals surface area contributed by atoms with Crippen molar-refractivity contribution in [2.24, 2.45) is 0 Å². The normalized spacial score (nSPS) is 12.5. The Kier molecular flexibility index (Phi) is 6.50. The molecule has 45 heavy (non-hydrogen) atoms. The first-order valence-corrected chi connectivity index (χ1v) is 15.2. The fourth-order valence-electron chi connectivity index (χ4n) is 6.50. The van der Waals surface area contributed by atoms with Crippen LogP contribution in [0.25, 0.3) is 73.4 Å². The van der Waals surface area contributed by atoms with E-state index in [0.717, 1.165) is 38.3 Å². The first-order chi connectivity index (χ1) is 22.2. The smallest absolute Gasteiger partial charge is 0.0541 e. The highest BCUT2D eigenvalue weighted by Crippen LogP contribution is 2.34. The Bertz CT molecular complexity index is 2480. The van der Waals surface area contributed by atoms with Crippen molar-refractivity contribution < 1.29 is 0 Å². The molecule has 0 aliphatic carbocycles. The Morgan fingerprint density at radius 2 is 1.20 bits per heavy atom. The second-order valence-corrected chi connectivity index (χ2v) is 11.4.